The van der Waals surface area contributed by atoms with Crippen molar-refractivity contribution in [2.45, 2.75) is 46.6 Å². The molecule has 2 rings (SSSR count). The minimum Gasteiger partial charge on any atom is -0.476 e. The van der Waals surface area contributed by atoms with E-state index in [9.17, 15) is 4.79 Å². The molecule has 1 fully saturated rings. The largest absolute Gasteiger partial charge is 0.476 e. The van der Waals surface area contributed by atoms with E-state index in [2.05, 4.69) is 30.8 Å². The molecular formula is C15H24N2O3. The Morgan fingerprint density at radius 2 is 2.20 bits per heavy atom. The molecule has 0 spiro atoms. The zero-order valence-electron chi connectivity index (χ0n) is 12.6. The second-order valence-electron chi connectivity index (χ2n) is 6.75. The summed E-state index contributed by atoms with van der Waals surface area (Å²) in [6.45, 7) is 9.65. The Hall–Kier alpha value is -1.36. The summed E-state index contributed by atoms with van der Waals surface area (Å²) in [5.74, 6) is 0.345. The van der Waals surface area contributed by atoms with Crippen LogP contribution in [0.3, 0.4) is 0 Å². The van der Waals surface area contributed by atoms with Gasteiger partial charge in [-0.05, 0) is 43.7 Å². The normalized spacial score (nSPS) is 21.6. The Balaban J connectivity index is 1.92. The summed E-state index contributed by atoms with van der Waals surface area (Å²) in [5, 5.41) is 12.4. The highest BCUT2D eigenvalue weighted by atomic mass is 16.5. The van der Waals surface area contributed by atoms with Crippen molar-refractivity contribution in [2.75, 3.05) is 13.1 Å². The molecule has 1 atom stereocenters. The number of rotatable bonds is 3. The van der Waals surface area contributed by atoms with Gasteiger partial charge < -0.3 is 9.63 Å². The standard InChI is InChI=1S/C15H24N2O3/c1-15(2,3)11-5-4-7-17(8-6-11)10-12-9-13(14(18)19)16-20-12/h9,11H,4-8,10H2,1-3H3,(H,18,19). The molecular weight excluding hydrogens is 256 g/mol. The number of hydrogen-bond donors (Lipinski definition) is 1. The van der Waals surface area contributed by atoms with E-state index < -0.39 is 5.97 Å². The number of carboxylic acids is 1. The summed E-state index contributed by atoms with van der Waals surface area (Å²) in [6.07, 6.45) is 3.63. The van der Waals surface area contributed by atoms with Crippen LogP contribution in [0.1, 0.15) is 56.3 Å². The van der Waals surface area contributed by atoms with Gasteiger partial charge in [0.25, 0.3) is 0 Å². The molecule has 0 saturated carbocycles. The second kappa shape index (κ2) is 5.95. The summed E-state index contributed by atoms with van der Waals surface area (Å²) in [5.41, 5.74) is 0.348. The quantitative estimate of drug-likeness (QED) is 0.921. The summed E-state index contributed by atoms with van der Waals surface area (Å²) >= 11 is 0. The zero-order chi connectivity index (χ0) is 14.8. The maximum atomic E-state index is 10.8. The molecule has 1 aliphatic heterocycles. The summed E-state index contributed by atoms with van der Waals surface area (Å²) in [4.78, 5) is 13.1. The molecule has 0 bridgehead atoms. The van der Waals surface area contributed by atoms with Crippen LogP contribution in [-0.4, -0.2) is 34.2 Å². The first-order valence-electron chi connectivity index (χ1n) is 7.27. The lowest BCUT2D eigenvalue weighted by atomic mass is 9.77. The number of aromatic nitrogens is 1. The number of likely N-dealkylation sites (tertiary alicyclic amines) is 1. The number of carbonyl (C=O) groups is 1. The van der Waals surface area contributed by atoms with Gasteiger partial charge in [0, 0.05) is 6.07 Å². The van der Waals surface area contributed by atoms with Crippen LogP contribution >= 0.6 is 0 Å². The highest BCUT2D eigenvalue weighted by Crippen LogP contribution is 2.34. The van der Waals surface area contributed by atoms with Crippen molar-refractivity contribution in [1.29, 1.82) is 0 Å². The topological polar surface area (TPSA) is 66.6 Å². The summed E-state index contributed by atoms with van der Waals surface area (Å²) in [6, 6.07) is 1.52. The van der Waals surface area contributed by atoms with Crippen LogP contribution < -0.4 is 0 Å². The van der Waals surface area contributed by atoms with Gasteiger partial charge in [0.15, 0.2) is 11.5 Å². The van der Waals surface area contributed by atoms with Gasteiger partial charge >= 0.3 is 5.97 Å². The van der Waals surface area contributed by atoms with Gasteiger partial charge in [0.1, 0.15) is 0 Å². The van der Waals surface area contributed by atoms with Crippen LogP contribution in [0, 0.1) is 11.3 Å². The lowest BCUT2D eigenvalue weighted by Crippen LogP contribution is -2.25. The number of aromatic carboxylic acids is 1. The SMILES string of the molecule is CC(C)(C)C1CCCN(Cc2cc(C(=O)O)no2)CC1. The van der Waals surface area contributed by atoms with Crippen molar-refractivity contribution in [3.63, 3.8) is 0 Å². The van der Waals surface area contributed by atoms with Gasteiger partial charge in [-0.1, -0.05) is 25.9 Å². The third kappa shape index (κ3) is 3.82. The van der Waals surface area contributed by atoms with Crippen LogP contribution in [0.2, 0.25) is 0 Å². The summed E-state index contributed by atoms with van der Waals surface area (Å²) < 4.78 is 5.09. The minimum absolute atomic E-state index is 0.0117. The van der Waals surface area contributed by atoms with Crippen molar-refractivity contribution in [3.8, 4) is 0 Å². The monoisotopic (exact) mass is 280 g/mol. The molecule has 1 saturated heterocycles. The number of hydrogen-bond acceptors (Lipinski definition) is 4. The molecule has 112 valence electrons. The van der Waals surface area contributed by atoms with Crippen molar-refractivity contribution in [2.24, 2.45) is 11.3 Å². The molecule has 20 heavy (non-hydrogen) atoms. The number of carboxylic acid groups (broad SMARTS) is 1. The molecule has 1 N–H and O–H groups in total. The third-order valence-corrected chi connectivity index (χ3v) is 4.20. The lowest BCUT2D eigenvalue weighted by molar-refractivity contribution is 0.0685. The molecule has 1 unspecified atom stereocenters. The van der Waals surface area contributed by atoms with Crippen LogP contribution in [0.5, 0.6) is 0 Å². The van der Waals surface area contributed by atoms with Gasteiger partial charge in [-0.15, -0.1) is 0 Å². The van der Waals surface area contributed by atoms with E-state index in [0.29, 0.717) is 17.7 Å². The van der Waals surface area contributed by atoms with E-state index in [1.165, 1.54) is 25.3 Å². The second-order valence-corrected chi connectivity index (χ2v) is 6.75. The molecule has 0 aliphatic carbocycles. The van der Waals surface area contributed by atoms with Gasteiger partial charge in [0.2, 0.25) is 0 Å². The predicted octanol–water partition coefficient (Wildman–Crippen LogP) is 3.02. The lowest BCUT2D eigenvalue weighted by Gasteiger charge is -2.29. The van der Waals surface area contributed by atoms with Crippen LogP contribution in [-0.2, 0) is 6.54 Å². The maximum Gasteiger partial charge on any atom is 0.358 e. The first-order valence-corrected chi connectivity index (χ1v) is 7.27. The molecule has 1 aromatic rings. The summed E-state index contributed by atoms with van der Waals surface area (Å²) in [7, 11) is 0. The Morgan fingerprint density at radius 3 is 2.80 bits per heavy atom. The van der Waals surface area contributed by atoms with Crippen LogP contribution in [0.15, 0.2) is 10.6 Å². The van der Waals surface area contributed by atoms with Gasteiger partial charge in [-0.3, -0.25) is 4.90 Å². The molecule has 2 heterocycles. The minimum atomic E-state index is -1.04. The fourth-order valence-electron chi connectivity index (χ4n) is 2.89. The molecule has 0 amide bonds. The van der Waals surface area contributed by atoms with Gasteiger partial charge in [-0.25, -0.2) is 4.79 Å². The van der Waals surface area contributed by atoms with E-state index in [0.717, 1.165) is 19.0 Å². The Bertz CT molecular complexity index is 462. The highest BCUT2D eigenvalue weighted by Gasteiger charge is 2.27. The average Bonchev–Trinajstić information content (AvgIpc) is 2.66. The molecule has 1 aromatic heterocycles. The van der Waals surface area contributed by atoms with Gasteiger partial charge in [0.05, 0.1) is 6.54 Å². The van der Waals surface area contributed by atoms with Crippen molar-refractivity contribution in [1.82, 2.24) is 10.1 Å². The van der Waals surface area contributed by atoms with Crippen LogP contribution in [0.4, 0.5) is 0 Å². The predicted molar refractivity (Wildman–Crippen MR) is 75.5 cm³/mol. The molecule has 5 nitrogen and oxygen atoms in total. The Labute approximate surface area is 119 Å². The highest BCUT2D eigenvalue weighted by molar-refractivity contribution is 5.85. The van der Waals surface area contributed by atoms with Crippen molar-refractivity contribution in [3.05, 3.63) is 17.5 Å². The Morgan fingerprint density at radius 1 is 1.45 bits per heavy atom. The van der Waals surface area contributed by atoms with E-state index in [1.54, 1.807) is 0 Å². The first kappa shape index (κ1) is 15.0. The zero-order valence-corrected chi connectivity index (χ0v) is 12.6. The smallest absolute Gasteiger partial charge is 0.358 e. The first-order chi connectivity index (χ1) is 9.36. The molecule has 0 aromatic carbocycles. The van der Waals surface area contributed by atoms with E-state index in [1.807, 2.05) is 0 Å². The van der Waals surface area contributed by atoms with E-state index in [4.69, 9.17) is 9.63 Å². The fourth-order valence-corrected chi connectivity index (χ4v) is 2.89. The maximum absolute atomic E-state index is 10.8. The third-order valence-electron chi connectivity index (χ3n) is 4.20. The van der Waals surface area contributed by atoms with E-state index >= 15 is 0 Å². The van der Waals surface area contributed by atoms with Crippen LogP contribution in [0.25, 0.3) is 0 Å². The van der Waals surface area contributed by atoms with E-state index in [-0.39, 0.29) is 5.69 Å². The Kier molecular flexibility index (Phi) is 4.48. The van der Waals surface area contributed by atoms with Crippen molar-refractivity contribution >= 4 is 5.97 Å². The molecule has 5 heteroatoms. The average molecular weight is 280 g/mol. The molecule has 1 aliphatic rings. The fraction of sp³-hybridized carbons (Fsp3) is 0.733. The van der Waals surface area contributed by atoms with Gasteiger partial charge in [-0.2, -0.15) is 0 Å². The number of nitrogens with zero attached hydrogens (tertiary/aromatic N) is 2. The van der Waals surface area contributed by atoms with Crippen molar-refractivity contribution < 1.29 is 14.4 Å². The molecule has 0 radical (unpaired) electrons.